The van der Waals surface area contributed by atoms with Crippen LogP contribution >= 0.6 is 23.2 Å². The van der Waals surface area contributed by atoms with E-state index < -0.39 is 17.2 Å². The van der Waals surface area contributed by atoms with Crippen LogP contribution in [0.25, 0.3) is 5.69 Å². The number of aromatic nitrogens is 3. The lowest BCUT2D eigenvalue weighted by molar-refractivity contribution is 0.115. The number of phenols is 1. The number of nitrogens with zero attached hydrogens (tertiary/aromatic N) is 3. The summed E-state index contributed by atoms with van der Waals surface area (Å²) in [4.78, 5) is 4.17. The molecule has 0 bridgehead atoms. The number of hydrogen-bond acceptors (Lipinski definition) is 4. The van der Waals surface area contributed by atoms with Crippen LogP contribution in [0, 0.1) is 11.6 Å². The highest BCUT2D eigenvalue weighted by molar-refractivity contribution is 6.37. The molecule has 0 aliphatic carbocycles. The highest BCUT2D eigenvalue weighted by Gasteiger charge is 2.38. The Morgan fingerprint density at radius 1 is 0.867 bits per heavy atom. The van der Waals surface area contributed by atoms with Crippen LogP contribution in [0.2, 0.25) is 10.0 Å². The van der Waals surface area contributed by atoms with E-state index >= 15 is 0 Å². The molecule has 0 spiro atoms. The van der Waals surface area contributed by atoms with Crippen molar-refractivity contribution in [1.29, 1.82) is 0 Å². The lowest BCUT2D eigenvalue weighted by Gasteiger charge is -2.26. The van der Waals surface area contributed by atoms with Gasteiger partial charge in [0, 0.05) is 0 Å². The maximum atomic E-state index is 13.9. The molecule has 0 amide bonds. The topological polar surface area (TPSA) is 71.2 Å². The number of rotatable bonds is 4. The maximum absolute atomic E-state index is 13.9. The third kappa shape index (κ3) is 3.52. The van der Waals surface area contributed by atoms with E-state index in [1.807, 2.05) is 0 Å². The van der Waals surface area contributed by atoms with Crippen LogP contribution in [0.3, 0.4) is 0 Å². The lowest BCUT2D eigenvalue weighted by atomic mass is 9.85. The summed E-state index contributed by atoms with van der Waals surface area (Å²) in [6, 6.07) is 13.3. The molecule has 152 valence electrons. The molecule has 0 unspecified atom stereocenters. The van der Waals surface area contributed by atoms with Crippen LogP contribution in [0.1, 0.15) is 17.0 Å². The fourth-order valence-electron chi connectivity index (χ4n) is 3.09. The molecule has 0 fully saturated rings. The summed E-state index contributed by atoms with van der Waals surface area (Å²) < 4.78 is 29.1. The SMILES string of the molecule is Oc1c(Cl)cc(-n2cnc(C(O)(c3cccc(F)c3)c3cccc(F)c3)n2)cc1Cl. The van der Waals surface area contributed by atoms with Crippen LogP contribution < -0.4 is 0 Å². The zero-order valence-corrected chi connectivity index (χ0v) is 16.6. The molecule has 4 aromatic rings. The third-order valence-corrected chi connectivity index (χ3v) is 5.14. The summed E-state index contributed by atoms with van der Waals surface area (Å²) in [5.74, 6) is -1.57. The van der Waals surface area contributed by atoms with Crippen LogP contribution in [-0.2, 0) is 5.60 Å². The second-order valence-corrected chi connectivity index (χ2v) is 7.32. The van der Waals surface area contributed by atoms with Gasteiger partial charge in [-0.2, -0.15) is 0 Å². The smallest absolute Gasteiger partial charge is 0.192 e. The van der Waals surface area contributed by atoms with Gasteiger partial charge in [-0.25, -0.2) is 18.4 Å². The second kappa shape index (κ2) is 7.68. The van der Waals surface area contributed by atoms with Gasteiger partial charge in [0.05, 0.1) is 15.7 Å². The summed E-state index contributed by atoms with van der Waals surface area (Å²) in [7, 11) is 0. The summed E-state index contributed by atoms with van der Waals surface area (Å²) in [5.41, 5.74) is -1.44. The highest BCUT2D eigenvalue weighted by atomic mass is 35.5. The molecule has 5 nitrogen and oxygen atoms in total. The minimum absolute atomic E-state index is 0.0000673. The molecule has 0 aliphatic rings. The highest BCUT2D eigenvalue weighted by Crippen LogP contribution is 2.37. The second-order valence-electron chi connectivity index (χ2n) is 6.50. The van der Waals surface area contributed by atoms with E-state index in [2.05, 4.69) is 10.1 Å². The lowest BCUT2D eigenvalue weighted by Crippen LogP contribution is -2.31. The Morgan fingerprint density at radius 3 is 1.90 bits per heavy atom. The summed E-state index contributed by atoms with van der Waals surface area (Å²) in [5, 5.41) is 25.7. The average molecular weight is 448 g/mol. The Kier molecular flexibility index (Phi) is 5.19. The predicted octanol–water partition coefficient (Wildman–Crippen LogP) is 4.84. The molecule has 0 aliphatic heterocycles. The van der Waals surface area contributed by atoms with Crippen LogP contribution in [0.4, 0.5) is 8.78 Å². The molecule has 0 atom stereocenters. The van der Waals surface area contributed by atoms with Gasteiger partial charge in [0.25, 0.3) is 0 Å². The number of aliphatic hydroxyl groups is 1. The largest absolute Gasteiger partial charge is 0.505 e. The van der Waals surface area contributed by atoms with Crippen molar-refractivity contribution in [3.63, 3.8) is 0 Å². The Bertz CT molecular complexity index is 1180. The minimum Gasteiger partial charge on any atom is -0.505 e. The number of aromatic hydroxyl groups is 1. The normalized spacial score (nSPS) is 11.6. The van der Waals surface area contributed by atoms with Gasteiger partial charge in [0.1, 0.15) is 18.0 Å². The first-order valence-electron chi connectivity index (χ1n) is 8.64. The Hall–Kier alpha value is -3.00. The van der Waals surface area contributed by atoms with Gasteiger partial charge in [-0.1, -0.05) is 47.5 Å². The minimum atomic E-state index is -2.04. The van der Waals surface area contributed by atoms with Crippen molar-refractivity contribution in [2.24, 2.45) is 0 Å². The Labute approximate surface area is 179 Å². The first-order valence-corrected chi connectivity index (χ1v) is 9.39. The van der Waals surface area contributed by atoms with Crippen molar-refractivity contribution in [3.05, 3.63) is 106 Å². The van der Waals surface area contributed by atoms with E-state index in [0.29, 0.717) is 5.69 Å². The molecule has 1 heterocycles. The van der Waals surface area contributed by atoms with E-state index in [1.54, 1.807) is 0 Å². The molecule has 0 saturated heterocycles. The zero-order chi connectivity index (χ0) is 21.5. The number of halogens is 4. The summed E-state index contributed by atoms with van der Waals surface area (Å²) in [6.07, 6.45) is 1.29. The summed E-state index contributed by atoms with van der Waals surface area (Å²) >= 11 is 11.9. The molecule has 3 aromatic carbocycles. The standard InChI is InChI=1S/C21H13Cl2F2N3O2/c22-17-9-16(10-18(23)19(17)29)28-11-26-20(27-28)21(30,12-3-1-5-14(24)7-12)13-4-2-6-15(25)8-13/h1-11,29-30H. The van der Waals surface area contributed by atoms with Crippen LogP contribution in [-0.4, -0.2) is 25.0 Å². The third-order valence-electron chi connectivity index (χ3n) is 4.57. The average Bonchev–Trinajstić information content (AvgIpc) is 3.22. The predicted molar refractivity (Wildman–Crippen MR) is 108 cm³/mol. The van der Waals surface area contributed by atoms with Crippen molar-refractivity contribution >= 4 is 23.2 Å². The number of benzene rings is 3. The summed E-state index contributed by atoms with van der Waals surface area (Å²) in [6.45, 7) is 0. The Morgan fingerprint density at radius 2 is 1.40 bits per heavy atom. The van der Waals surface area contributed by atoms with Gasteiger partial charge >= 0.3 is 0 Å². The zero-order valence-electron chi connectivity index (χ0n) is 15.1. The fourth-order valence-corrected chi connectivity index (χ4v) is 3.57. The van der Waals surface area contributed by atoms with E-state index in [4.69, 9.17) is 23.2 Å². The van der Waals surface area contributed by atoms with E-state index in [-0.39, 0.29) is 32.7 Å². The molecule has 1 aromatic heterocycles. The van der Waals surface area contributed by atoms with E-state index in [1.165, 1.54) is 59.5 Å². The molecule has 0 radical (unpaired) electrons. The molecular formula is C21H13Cl2F2N3O2. The van der Waals surface area contributed by atoms with Crippen molar-refractivity contribution < 1.29 is 19.0 Å². The van der Waals surface area contributed by atoms with Crippen molar-refractivity contribution in [2.75, 3.05) is 0 Å². The molecule has 2 N–H and O–H groups in total. The molecule has 9 heteroatoms. The van der Waals surface area contributed by atoms with E-state index in [0.717, 1.165) is 12.1 Å². The monoisotopic (exact) mass is 447 g/mol. The van der Waals surface area contributed by atoms with Crippen molar-refractivity contribution in [2.45, 2.75) is 5.60 Å². The molecule has 0 saturated carbocycles. The molecule has 4 rings (SSSR count). The van der Waals surface area contributed by atoms with Crippen LogP contribution in [0.5, 0.6) is 5.75 Å². The van der Waals surface area contributed by atoms with Crippen molar-refractivity contribution in [3.8, 4) is 11.4 Å². The molecular weight excluding hydrogens is 435 g/mol. The Balaban J connectivity index is 1.89. The first kappa shape index (κ1) is 20.3. The molecule has 30 heavy (non-hydrogen) atoms. The van der Waals surface area contributed by atoms with Gasteiger partial charge < -0.3 is 10.2 Å². The van der Waals surface area contributed by atoms with Gasteiger partial charge in [0.15, 0.2) is 17.2 Å². The number of hydrogen-bond donors (Lipinski definition) is 2. The van der Waals surface area contributed by atoms with Crippen molar-refractivity contribution in [1.82, 2.24) is 14.8 Å². The van der Waals surface area contributed by atoms with E-state index in [9.17, 15) is 19.0 Å². The van der Waals surface area contributed by atoms with Gasteiger partial charge in [0.2, 0.25) is 0 Å². The quantitative estimate of drug-likeness (QED) is 0.469. The van der Waals surface area contributed by atoms with Gasteiger partial charge in [-0.3, -0.25) is 0 Å². The fraction of sp³-hybridized carbons (Fsp3) is 0.0476. The van der Waals surface area contributed by atoms with Gasteiger partial charge in [-0.15, -0.1) is 5.10 Å². The number of phenolic OH excluding ortho intramolecular Hbond substituents is 1. The van der Waals surface area contributed by atoms with Gasteiger partial charge in [-0.05, 0) is 47.5 Å². The van der Waals surface area contributed by atoms with Crippen LogP contribution in [0.15, 0.2) is 67.0 Å². The first-order chi connectivity index (χ1) is 14.3. The maximum Gasteiger partial charge on any atom is 0.192 e.